The van der Waals surface area contributed by atoms with Crippen molar-refractivity contribution in [2.45, 2.75) is 39.1 Å². The molecule has 0 amide bonds. The first kappa shape index (κ1) is 22.5. The van der Waals surface area contributed by atoms with Crippen LogP contribution in [0.1, 0.15) is 37.5 Å². The van der Waals surface area contributed by atoms with Crippen LogP contribution in [0.15, 0.2) is 51.6 Å². The van der Waals surface area contributed by atoms with E-state index in [4.69, 9.17) is 13.9 Å². The summed E-state index contributed by atoms with van der Waals surface area (Å²) in [7, 11) is 0. The van der Waals surface area contributed by atoms with Gasteiger partial charge < -0.3 is 13.9 Å². The largest absolute Gasteiger partial charge is 0.488 e. The van der Waals surface area contributed by atoms with Crippen LogP contribution >= 0.6 is 31.9 Å². The van der Waals surface area contributed by atoms with Gasteiger partial charge in [0, 0.05) is 31.9 Å². The quantitative estimate of drug-likeness (QED) is 0.258. The lowest BCUT2D eigenvalue weighted by molar-refractivity contribution is -0.142. The summed E-state index contributed by atoms with van der Waals surface area (Å²) in [5.74, 6) is 0.411. The fraction of sp³-hybridized carbons (Fsp3) is 0.318. The molecule has 3 rings (SSSR count). The van der Waals surface area contributed by atoms with Crippen molar-refractivity contribution in [1.29, 1.82) is 0 Å². The Morgan fingerprint density at radius 1 is 1.11 bits per heavy atom. The average Bonchev–Trinajstić information content (AvgIpc) is 3.11. The zero-order valence-electron chi connectivity index (χ0n) is 16.3. The van der Waals surface area contributed by atoms with Gasteiger partial charge in [0.15, 0.2) is 0 Å². The highest BCUT2D eigenvalue weighted by atomic mass is 79.9. The number of furan rings is 1. The number of carbonyl (C=O) groups excluding carboxylic acids is 1. The van der Waals surface area contributed by atoms with Crippen LogP contribution in [0.4, 0.5) is 0 Å². The number of hydrogen-bond acceptors (Lipinski definition) is 4. The molecule has 1 aromatic heterocycles. The summed E-state index contributed by atoms with van der Waals surface area (Å²) in [5.41, 5.74) is 3.68. The van der Waals surface area contributed by atoms with Crippen molar-refractivity contribution >= 4 is 48.8 Å². The standard InChI is InChI=1S/C20H18Br2O4.C2H6/c1-2-24-19(23)8-13-5-3-4-6-18(13)25-11-15-12-26-20-14(10-21)7-16(22)9-17(15)20;1-2/h3-7,9,12H,2,8,10-11H2,1H3;1-2H3. The number of hydrogen-bond donors (Lipinski definition) is 0. The van der Waals surface area contributed by atoms with Crippen molar-refractivity contribution in [2.75, 3.05) is 6.61 Å². The Hall–Kier alpha value is -1.79. The molecule has 0 unspecified atom stereocenters. The first-order chi connectivity index (χ1) is 13.6. The van der Waals surface area contributed by atoms with E-state index >= 15 is 0 Å². The van der Waals surface area contributed by atoms with E-state index in [1.807, 2.05) is 50.2 Å². The van der Waals surface area contributed by atoms with Gasteiger partial charge in [-0.2, -0.15) is 0 Å². The lowest BCUT2D eigenvalue weighted by Gasteiger charge is -2.11. The van der Waals surface area contributed by atoms with Crippen molar-refractivity contribution < 1.29 is 18.7 Å². The normalized spacial score (nSPS) is 10.3. The van der Waals surface area contributed by atoms with Crippen molar-refractivity contribution in [3.05, 3.63) is 63.8 Å². The fourth-order valence-electron chi connectivity index (χ4n) is 2.75. The number of fused-ring (bicyclic) bond motifs is 1. The summed E-state index contributed by atoms with van der Waals surface area (Å²) in [4.78, 5) is 11.8. The molecule has 6 heteroatoms. The van der Waals surface area contributed by atoms with Gasteiger partial charge in [0.25, 0.3) is 0 Å². The lowest BCUT2D eigenvalue weighted by Crippen LogP contribution is -2.09. The molecular weight excluding hydrogens is 488 g/mol. The minimum atomic E-state index is -0.261. The summed E-state index contributed by atoms with van der Waals surface area (Å²) >= 11 is 7.02. The maximum Gasteiger partial charge on any atom is 0.310 e. The summed E-state index contributed by atoms with van der Waals surface area (Å²) in [5, 5.41) is 1.72. The molecule has 0 radical (unpaired) electrons. The molecule has 0 aliphatic rings. The minimum Gasteiger partial charge on any atom is -0.488 e. The molecule has 150 valence electrons. The van der Waals surface area contributed by atoms with Crippen molar-refractivity contribution in [2.24, 2.45) is 0 Å². The first-order valence-corrected chi connectivity index (χ1v) is 11.1. The highest BCUT2D eigenvalue weighted by molar-refractivity contribution is 9.10. The second-order valence-corrected chi connectivity index (χ2v) is 7.19. The first-order valence-electron chi connectivity index (χ1n) is 9.23. The molecule has 0 N–H and O–H groups in total. The smallest absolute Gasteiger partial charge is 0.310 e. The van der Waals surface area contributed by atoms with Gasteiger partial charge in [0.1, 0.15) is 17.9 Å². The van der Waals surface area contributed by atoms with Crippen LogP contribution < -0.4 is 4.74 Å². The third-order valence-electron chi connectivity index (χ3n) is 3.94. The fourth-order valence-corrected chi connectivity index (χ4v) is 3.67. The second-order valence-electron chi connectivity index (χ2n) is 5.71. The molecule has 28 heavy (non-hydrogen) atoms. The highest BCUT2D eigenvalue weighted by Gasteiger charge is 2.14. The van der Waals surface area contributed by atoms with Gasteiger partial charge >= 0.3 is 5.97 Å². The molecule has 3 aromatic rings. The number of ether oxygens (including phenoxy) is 2. The average molecular weight is 512 g/mol. The molecule has 0 aliphatic heterocycles. The van der Waals surface area contributed by atoms with Crippen LogP contribution in [0.2, 0.25) is 0 Å². The zero-order chi connectivity index (χ0) is 20.5. The van der Waals surface area contributed by atoms with Crippen molar-refractivity contribution in [1.82, 2.24) is 0 Å². The molecule has 0 spiro atoms. The van der Waals surface area contributed by atoms with Crippen LogP contribution in [0.25, 0.3) is 11.0 Å². The van der Waals surface area contributed by atoms with Gasteiger partial charge in [0.2, 0.25) is 0 Å². The van der Waals surface area contributed by atoms with E-state index in [2.05, 4.69) is 31.9 Å². The molecule has 0 saturated carbocycles. The maximum atomic E-state index is 11.8. The summed E-state index contributed by atoms with van der Waals surface area (Å²) in [6.45, 7) is 6.52. The topological polar surface area (TPSA) is 48.7 Å². The molecule has 0 atom stereocenters. The predicted molar refractivity (Wildman–Crippen MR) is 119 cm³/mol. The van der Waals surface area contributed by atoms with E-state index in [9.17, 15) is 4.79 Å². The van der Waals surface area contributed by atoms with Crippen molar-refractivity contribution in [3.8, 4) is 5.75 Å². The summed E-state index contributed by atoms with van der Waals surface area (Å²) in [6.07, 6.45) is 1.91. The SMILES string of the molecule is CC.CCOC(=O)Cc1ccccc1OCc1coc2c(CBr)cc(Br)cc12. The monoisotopic (exact) mass is 510 g/mol. The molecule has 0 bridgehead atoms. The molecular formula is C22H24Br2O4. The lowest BCUT2D eigenvalue weighted by atomic mass is 10.1. The Bertz CT molecular complexity index is 918. The number of alkyl halides is 1. The van der Waals surface area contributed by atoms with E-state index in [1.165, 1.54) is 0 Å². The highest BCUT2D eigenvalue weighted by Crippen LogP contribution is 2.31. The van der Waals surface area contributed by atoms with Crippen LogP contribution in [0, 0.1) is 0 Å². The van der Waals surface area contributed by atoms with E-state index in [0.717, 1.165) is 32.1 Å². The van der Waals surface area contributed by atoms with Gasteiger partial charge in [-0.25, -0.2) is 0 Å². The van der Waals surface area contributed by atoms with Gasteiger partial charge in [-0.15, -0.1) is 0 Å². The van der Waals surface area contributed by atoms with Gasteiger partial charge in [-0.1, -0.05) is 63.9 Å². The summed E-state index contributed by atoms with van der Waals surface area (Å²) < 4.78 is 17.7. The molecule has 2 aromatic carbocycles. The maximum absolute atomic E-state index is 11.8. The van der Waals surface area contributed by atoms with Crippen LogP contribution in [-0.4, -0.2) is 12.6 Å². The zero-order valence-corrected chi connectivity index (χ0v) is 19.4. The minimum absolute atomic E-state index is 0.190. The Kier molecular flexibility index (Phi) is 9.06. The molecule has 0 fully saturated rings. The molecule has 1 heterocycles. The third-order valence-corrected chi connectivity index (χ3v) is 5.00. The number of para-hydroxylation sites is 1. The Morgan fingerprint density at radius 2 is 1.86 bits per heavy atom. The Labute approximate surface area is 182 Å². The second kappa shape index (κ2) is 11.3. The van der Waals surface area contributed by atoms with E-state index in [0.29, 0.717) is 24.3 Å². The van der Waals surface area contributed by atoms with E-state index in [1.54, 1.807) is 13.2 Å². The molecule has 0 aliphatic carbocycles. The van der Waals surface area contributed by atoms with Gasteiger partial charge in [0.05, 0.1) is 19.3 Å². The Balaban J connectivity index is 0.00000136. The van der Waals surface area contributed by atoms with Gasteiger partial charge in [-0.05, 0) is 25.1 Å². The molecule has 0 saturated heterocycles. The number of benzene rings is 2. The van der Waals surface area contributed by atoms with E-state index < -0.39 is 0 Å². The van der Waals surface area contributed by atoms with Crippen molar-refractivity contribution in [3.63, 3.8) is 0 Å². The number of carbonyl (C=O) groups is 1. The van der Waals surface area contributed by atoms with Crippen LogP contribution in [0.5, 0.6) is 5.75 Å². The van der Waals surface area contributed by atoms with E-state index in [-0.39, 0.29) is 12.4 Å². The third kappa shape index (κ3) is 5.61. The number of rotatable bonds is 7. The summed E-state index contributed by atoms with van der Waals surface area (Å²) in [6, 6.07) is 11.6. The number of halogens is 2. The number of esters is 1. The van der Waals surface area contributed by atoms with Gasteiger partial charge in [-0.3, -0.25) is 4.79 Å². The van der Waals surface area contributed by atoms with Crippen LogP contribution in [-0.2, 0) is 27.9 Å². The Morgan fingerprint density at radius 3 is 2.57 bits per heavy atom. The molecule has 4 nitrogen and oxygen atoms in total. The van der Waals surface area contributed by atoms with Crippen LogP contribution in [0.3, 0.4) is 0 Å². The predicted octanol–water partition coefficient (Wildman–Crippen LogP) is 6.80.